The van der Waals surface area contributed by atoms with E-state index in [1.807, 2.05) is 30.3 Å². The number of esters is 1. The Labute approximate surface area is 138 Å². The summed E-state index contributed by atoms with van der Waals surface area (Å²) in [6.07, 6.45) is 7.15. The van der Waals surface area contributed by atoms with Gasteiger partial charge in [0.05, 0.1) is 12.3 Å². The third-order valence-corrected chi connectivity index (χ3v) is 3.88. The monoisotopic (exact) mass is 320 g/mol. The zero-order valence-electron chi connectivity index (χ0n) is 14.0. The van der Waals surface area contributed by atoms with E-state index in [0.717, 1.165) is 24.8 Å². The van der Waals surface area contributed by atoms with Crippen LogP contribution in [0.5, 0.6) is 0 Å². The van der Waals surface area contributed by atoms with Gasteiger partial charge in [0.15, 0.2) is 0 Å². The molecule has 1 aromatic rings. The molecular formula is C19H28O4. The smallest absolute Gasteiger partial charge is 0.309 e. The van der Waals surface area contributed by atoms with E-state index >= 15 is 0 Å². The van der Waals surface area contributed by atoms with Crippen molar-refractivity contribution in [3.05, 3.63) is 35.9 Å². The van der Waals surface area contributed by atoms with E-state index in [4.69, 9.17) is 9.84 Å². The lowest BCUT2D eigenvalue weighted by molar-refractivity contribution is -0.154. The molecule has 23 heavy (non-hydrogen) atoms. The van der Waals surface area contributed by atoms with Crippen molar-refractivity contribution in [1.82, 2.24) is 0 Å². The van der Waals surface area contributed by atoms with Crippen LogP contribution in [-0.4, -0.2) is 17.0 Å². The van der Waals surface area contributed by atoms with Crippen molar-refractivity contribution >= 4 is 11.9 Å². The molecule has 0 spiro atoms. The topological polar surface area (TPSA) is 63.6 Å². The summed E-state index contributed by atoms with van der Waals surface area (Å²) in [6, 6.07) is 9.43. The zero-order chi connectivity index (χ0) is 16.9. The second kappa shape index (κ2) is 11.7. The van der Waals surface area contributed by atoms with Crippen LogP contribution in [0.2, 0.25) is 0 Å². The molecule has 0 amide bonds. The molecule has 1 atom stereocenters. The molecule has 1 rings (SSSR count). The molecule has 0 aliphatic rings. The largest absolute Gasteiger partial charge is 0.481 e. The number of hydrogen-bond donors (Lipinski definition) is 1. The first kappa shape index (κ1) is 19.2. The highest BCUT2D eigenvalue weighted by Gasteiger charge is 2.22. The van der Waals surface area contributed by atoms with Crippen molar-refractivity contribution in [2.45, 2.75) is 64.9 Å². The van der Waals surface area contributed by atoms with E-state index in [9.17, 15) is 9.59 Å². The Kier molecular flexibility index (Phi) is 9.76. The van der Waals surface area contributed by atoms with E-state index in [1.165, 1.54) is 19.3 Å². The van der Waals surface area contributed by atoms with E-state index < -0.39 is 17.9 Å². The Morgan fingerprint density at radius 1 is 1.04 bits per heavy atom. The highest BCUT2D eigenvalue weighted by Crippen LogP contribution is 2.18. The third kappa shape index (κ3) is 9.01. The SMILES string of the molecule is CCCCCCCCC(CC(=O)O)C(=O)OCc1ccccc1. The molecule has 0 saturated carbocycles. The van der Waals surface area contributed by atoms with E-state index in [-0.39, 0.29) is 13.0 Å². The summed E-state index contributed by atoms with van der Waals surface area (Å²) in [5, 5.41) is 8.98. The van der Waals surface area contributed by atoms with Crippen LogP contribution in [0.1, 0.15) is 63.9 Å². The van der Waals surface area contributed by atoms with Gasteiger partial charge in [0, 0.05) is 0 Å². The maximum atomic E-state index is 12.1. The first-order chi connectivity index (χ1) is 11.1. The molecule has 4 heteroatoms. The Hall–Kier alpha value is -1.84. The summed E-state index contributed by atoms with van der Waals surface area (Å²) >= 11 is 0. The Balaban J connectivity index is 2.36. The Morgan fingerprint density at radius 2 is 1.70 bits per heavy atom. The zero-order valence-corrected chi connectivity index (χ0v) is 14.0. The summed E-state index contributed by atoms with van der Waals surface area (Å²) < 4.78 is 5.28. The van der Waals surface area contributed by atoms with Gasteiger partial charge >= 0.3 is 11.9 Å². The van der Waals surface area contributed by atoms with Crippen LogP contribution >= 0.6 is 0 Å². The number of unbranched alkanes of at least 4 members (excludes halogenated alkanes) is 5. The summed E-state index contributed by atoms with van der Waals surface area (Å²) in [7, 11) is 0. The lowest BCUT2D eigenvalue weighted by atomic mass is 9.97. The van der Waals surface area contributed by atoms with Crippen LogP contribution in [0.15, 0.2) is 30.3 Å². The summed E-state index contributed by atoms with van der Waals surface area (Å²) in [5.41, 5.74) is 0.912. The first-order valence-electron chi connectivity index (χ1n) is 8.55. The average molecular weight is 320 g/mol. The van der Waals surface area contributed by atoms with Gasteiger partial charge in [-0.15, -0.1) is 0 Å². The minimum absolute atomic E-state index is 0.150. The minimum atomic E-state index is -0.947. The van der Waals surface area contributed by atoms with Crippen LogP contribution in [0, 0.1) is 5.92 Å². The number of carbonyl (C=O) groups is 2. The molecule has 0 fully saturated rings. The van der Waals surface area contributed by atoms with Crippen molar-refractivity contribution in [3.63, 3.8) is 0 Å². The molecular weight excluding hydrogens is 292 g/mol. The van der Waals surface area contributed by atoms with Crippen LogP contribution in [0.3, 0.4) is 0 Å². The van der Waals surface area contributed by atoms with Gasteiger partial charge in [-0.05, 0) is 12.0 Å². The molecule has 0 heterocycles. The third-order valence-electron chi connectivity index (χ3n) is 3.88. The predicted octanol–water partition coefficient (Wildman–Crippen LogP) is 4.57. The van der Waals surface area contributed by atoms with Crippen molar-refractivity contribution < 1.29 is 19.4 Å². The van der Waals surface area contributed by atoms with Gasteiger partial charge in [-0.25, -0.2) is 0 Å². The van der Waals surface area contributed by atoms with Gasteiger partial charge in [-0.3, -0.25) is 9.59 Å². The Bertz CT molecular complexity index is 456. The number of carbonyl (C=O) groups excluding carboxylic acids is 1. The number of aliphatic carboxylic acids is 1. The van der Waals surface area contributed by atoms with E-state index in [1.54, 1.807) is 0 Å². The second-order valence-electron chi connectivity index (χ2n) is 5.94. The maximum Gasteiger partial charge on any atom is 0.309 e. The van der Waals surface area contributed by atoms with E-state index in [0.29, 0.717) is 6.42 Å². The number of carboxylic acid groups (broad SMARTS) is 1. The van der Waals surface area contributed by atoms with Gasteiger partial charge in [-0.1, -0.05) is 75.8 Å². The first-order valence-corrected chi connectivity index (χ1v) is 8.55. The normalized spacial score (nSPS) is 11.9. The Morgan fingerprint density at radius 3 is 2.35 bits per heavy atom. The van der Waals surface area contributed by atoms with Crippen LogP contribution in [-0.2, 0) is 20.9 Å². The predicted molar refractivity (Wildman–Crippen MR) is 90.0 cm³/mol. The average Bonchev–Trinajstić information content (AvgIpc) is 2.55. The van der Waals surface area contributed by atoms with Gasteiger partial charge in [0.2, 0.25) is 0 Å². The molecule has 0 saturated heterocycles. The molecule has 0 aliphatic carbocycles. The number of hydrogen-bond acceptors (Lipinski definition) is 3. The van der Waals surface area contributed by atoms with Crippen LogP contribution in [0.25, 0.3) is 0 Å². The molecule has 1 N–H and O–H groups in total. The van der Waals surface area contributed by atoms with Crippen molar-refractivity contribution in [2.75, 3.05) is 0 Å². The van der Waals surface area contributed by atoms with Gasteiger partial charge in [0.25, 0.3) is 0 Å². The number of rotatable bonds is 12. The number of benzene rings is 1. The molecule has 1 unspecified atom stereocenters. The van der Waals surface area contributed by atoms with E-state index in [2.05, 4.69) is 6.92 Å². The lowest BCUT2D eigenvalue weighted by Crippen LogP contribution is -2.21. The standard InChI is InChI=1S/C19H28O4/c1-2-3-4-5-6-10-13-17(14-18(20)21)19(22)23-15-16-11-8-7-9-12-16/h7-9,11-12,17H,2-6,10,13-15H2,1H3,(H,20,21). The van der Waals surface area contributed by atoms with Crippen LogP contribution < -0.4 is 0 Å². The molecule has 1 aromatic carbocycles. The van der Waals surface area contributed by atoms with Crippen molar-refractivity contribution in [2.24, 2.45) is 5.92 Å². The van der Waals surface area contributed by atoms with Crippen LogP contribution in [0.4, 0.5) is 0 Å². The fourth-order valence-corrected chi connectivity index (χ4v) is 2.53. The highest BCUT2D eigenvalue weighted by atomic mass is 16.5. The summed E-state index contributed by atoms with van der Waals surface area (Å²) in [4.78, 5) is 23.1. The fourth-order valence-electron chi connectivity index (χ4n) is 2.53. The molecule has 0 aliphatic heterocycles. The van der Waals surface area contributed by atoms with Gasteiger partial charge < -0.3 is 9.84 Å². The molecule has 0 radical (unpaired) electrons. The summed E-state index contributed by atoms with van der Waals surface area (Å²) in [6.45, 7) is 2.37. The summed E-state index contributed by atoms with van der Waals surface area (Å²) in [5.74, 6) is -1.88. The van der Waals surface area contributed by atoms with Gasteiger partial charge in [-0.2, -0.15) is 0 Å². The quantitative estimate of drug-likeness (QED) is 0.452. The fraction of sp³-hybridized carbons (Fsp3) is 0.579. The number of carboxylic acids is 1. The molecule has 4 nitrogen and oxygen atoms in total. The molecule has 0 bridgehead atoms. The van der Waals surface area contributed by atoms with Gasteiger partial charge in [0.1, 0.15) is 6.61 Å². The molecule has 0 aromatic heterocycles. The lowest BCUT2D eigenvalue weighted by Gasteiger charge is -2.14. The molecule has 128 valence electrons. The minimum Gasteiger partial charge on any atom is -0.481 e. The maximum absolute atomic E-state index is 12.1. The van der Waals surface area contributed by atoms with Crippen molar-refractivity contribution in [3.8, 4) is 0 Å². The highest BCUT2D eigenvalue weighted by molar-refractivity contribution is 5.79. The second-order valence-corrected chi connectivity index (χ2v) is 5.94. The van der Waals surface area contributed by atoms with Crippen molar-refractivity contribution in [1.29, 1.82) is 0 Å². The number of ether oxygens (including phenoxy) is 1.